The van der Waals surface area contributed by atoms with Gasteiger partial charge in [-0.25, -0.2) is 8.42 Å². The van der Waals surface area contributed by atoms with Gasteiger partial charge in [0.05, 0.1) is 0 Å². The van der Waals surface area contributed by atoms with E-state index < -0.39 is 27.8 Å². The Bertz CT molecular complexity index is 893. The Morgan fingerprint density at radius 2 is 1.80 bits per heavy atom. The van der Waals surface area contributed by atoms with E-state index in [1.54, 1.807) is 18.2 Å². The summed E-state index contributed by atoms with van der Waals surface area (Å²) in [5.41, 5.74) is 1.02. The predicted molar refractivity (Wildman–Crippen MR) is 87.6 cm³/mol. The number of halogens is 2. The molecular formula is C17H17F2O5S-. The van der Waals surface area contributed by atoms with Crippen LogP contribution in [0.4, 0.5) is 8.78 Å². The number of carbonyl (C=O) groups is 1. The maximum absolute atomic E-state index is 13.2. The average Bonchev–Trinajstić information content (AvgIpc) is 2.52. The summed E-state index contributed by atoms with van der Waals surface area (Å²) in [7, 11) is -5.94. The molecule has 2 aromatic carbocycles. The van der Waals surface area contributed by atoms with Crippen molar-refractivity contribution >= 4 is 26.9 Å². The van der Waals surface area contributed by atoms with Crippen LogP contribution in [-0.4, -0.2) is 24.2 Å². The molecule has 1 unspecified atom stereocenters. The molecule has 0 aliphatic heterocycles. The van der Waals surface area contributed by atoms with Gasteiger partial charge in [0.25, 0.3) is 0 Å². The lowest BCUT2D eigenvalue weighted by Gasteiger charge is -2.19. The predicted octanol–water partition coefficient (Wildman–Crippen LogP) is 3.79. The average molecular weight is 371 g/mol. The maximum Gasteiger partial charge on any atom is 0.344 e. The van der Waals surface area contributed by atoms with E-state index in [9.17, 15) is 26.5 Å². The van der Waals surface area contributed by atoms with Crippen molar-refractivity contribution in [2.75, 3.05) is 0 Å². The molecule has 0 aliphatic carbocycles. The Morgan fingerprint density at radius 1 is 1.20 bits per heavy atom. The van der Waals surface area contributed by atoms with Crippen LogP contribution < -0.4 is 4.74 Å². The molecular weight excluding hydrogens is 354 g/mol. The first-order valence-electron chi connectivity index (χ1n) is 7.62. The molecule has 0 aliphatic rings. The van der Waals surface area contributed by atoms with Crippen molar-refractivity contribution in [3.63, 3.8) is 0 Å². The van der Waals surface area contributed by atoms with Crippen molar-refractivity contribution in [3.05, 3.63) is 42.0 Å². The SMILES string of the molecule is CCC(C)c1cccc2c(OC(=O)CC(F)(F)S(=O)(=O)[O-])cccc12. The second kappa shape index (κ2) is 7.05. The van der Waals surface area contributed by atoms with Crippen molar-refractivity contribution in [1.29, 1.82) is 0 Å². The number of rotatable bonds is 6. The molecule has 0 spiro atoms. The highest BCUT2D eigenvalue weighted by molar-refractivity contribution is 7.86. The van der Waals surface area contributed by atoms with Gasteiger partial charge >= 0.3 is 11.2 Å². The molecule has 0 radical (unpaired) electrons. The van der Waals surface area contributed by atoms with Crippen LogP contribution in [-0.2, 0) is 14.9 Å². The lowest BCUT2D eigenvalue weighted by molar-refractivity contribution is -0.138. The Morgan fingerprint density at radius 3 is 2.40 bits per heavy atom. The largest absolute Gasteiger partial charge is 0.743 e. The third-order valence-corrected chi connectivity index (χ3v) is 4.87. The van der Waals surface area contributed by atoms with E-state index in [0.717, 1.165) is 17.4 Å². The second-order valence-electron chi connectivity index (χ2n) is 5.75. The van der Waals surface area contributed by atoms with E-state index in [2.05, 4.69) is 0 Å². The Hall–Kier alpha value is -2.06. The third kappa shape index (κ3) is 4.13. The van der Waals surface area contributed by atoms with Crippen LogP contribution in [0.1, 0.15) is 38.2 Å². The van der Waals surface area contributed by atoms with E-state index in [4.69, 9.17) is 4.74 Å². The van der Waals surface area contributed by atoms with Crippen LogP contribution in [0.2, 0.25) is 0 Å². The van der Waals surface area contributed by atoms with E-state index >= 15 is 0 Å². The summed E-state index contributed by atoms with van der Waals surface area (Å²) in [6, 6.07) is 10.2. The zero-order chi connectivity index (χ0) is 18.8. The van der Waals surface area contributed by atoms with Crippen LogP contribution in [0.25, 0.3) is 10.8 Å². The van der Waals surface area contributed by atoms with Crippen molar-refractivity contribution in [2.24, 2.45) is 0 Å². The van der Waals surface area contributed by atoms with Crippen molar-refractivity contribution in [3.8, 4) is 5.75 Å². The van der Waals surface area contributed by atoms with Gasteiger partial charge in [0.1, 0.15) is 12.2 Å². The molecule has 0 amide bonds. The van der Waals surface area contributed by atoms with E-state index in [1.807, 2.05) is 26.0 Å². The normalized spacial score (nSPS) is 13.6. The van der Waals surface area contributed by atoms with Crippen molar-refractivity contribution in [2.45, 2.75) is 37.9 Å². The summed E-state index contributed by atoms with van der Waals surface area (Å²) in [5.74, 6) is -1.22. The molecule has 0 aromatic heterocycles. The molecule has 2 aromatic rings. The first-order chi connectivity index (χ1) is 11.6. The monoisotopic (exact) mass is 371 g/mol. The summed E-state index contributed by atoms with van der Waals surface area (Å²) in [5, 5.41) is -3.36. The summed E-state index contributed by atoms with van der Waals surface area (Å²) >= 11 is 0. The molecule has 0 N–H and O–H groups in total. The maximum atomic E-state index is 13.2. The fraction of sp³-hybridized carbons (Fsp3) is 0.353. The standard InChI is InChI=1S/C17H18F2O5S/c1-3-11(2)12-6-4-8-14-13(12)7-5-9-15(14)24-16(20)10-17(18,19)25(21,22)23/h4-9,11H,3,10H2,1-2H3,(H,21,22,23)/p-1. The number of esters is 1. The van der Waals surface area contributed by atoms with Gasteiger partial charge < -0.3 is 9.29 Å². The first kappa shape index (κ1) is 19.3. The molecule has 0 heterocycles. The molecule has 136 valence electrons. The number of hydrogen-bond acceptors (Lipinski definition) is 5. The van der Waals surface area contributed by atoms with E-state index in [1.165, 1.54) is 6.07 Å². The molecule has 1 atom stereocenters. The minimum absolute atomic E-state index is 0.0340. The fourth-order valence-corrected chi connectivity index (χ4v) is 2.75. The Labute approximate surface area is 144 Å². The molecule has 5 nitrogen and oxygen atoms in total. The van der Waals surface area contributed by atoms with E-state index in [0.29, 0.717) is 5.39 Å². The molecule has 0 bridgehead atoms. The number of benzene rings is 2. The van der Waals surface area contributed by atoms with Crippen LogP contribution in [0.3, 0.4) is 0 Å². The zero-order valence-electron chi connectivity index (χ0n) is 13.7. The first-order valence-corrected chi connectivity index (χ1v) is 9.03. The highest BCUT2D eigenvalue weighted by Crippen LogP contribution is 2.33. The minimum atomic E-state index is -5.94. The fourth-order valence-electron chi connectivity index (χ4n) is 2.46. The van der Waals surface area contributed by atoms with Gasteiger partial charge in [0, 0.05) is 5.39 Å². The van der Waals surface area contributed by atoms with Crippen LogP contribution >= 0.6 is 0 Å². The summed E-state index contributed by atoms with van der Waals surface area (Å²) < 4.78 is 62.8. The summed E-state index contributed by atoms with van der Waals surface area (Å²) in [6.45, 7) is 4.06. The third-order valence-electron chi connectivity index (χ3n) is 4.00. The number of carbonyl (C=O) groups excluding carboxylic acids is 1. The van der Waals surface area contributed by atoms with Gasteiger partial charge in [-0.05, 0) is 29.4 Å². The lowest BCUT2D eigenvalue weighted by Crippen LogP contribution is -2.32. The number of alkyl halides is 2. The highest BCUT2D eigenvalue weighted by atomic mass is 32.2. The molecule has 0 saturated carbocycles. The molecule has 25 heavy (non-hydrogen) atoms. The smallest absolute Gasteiger partial charge is 0.344 e. The zero-order valence-corrected chi connectivity index (χ0v) is 14.5. The van der Waals surface area contributed by atoms with Crippen molar-refractivity contribution < 1.29 is 31.3 Å². The van der Waals surface area contributed by atoms with Gasteiger partial charge in [-0.2, -0.15) is 8.78 Å². The highest BCUT2D eigenvalue weighted by Gasteiger charge is 2.41. The van der Waals surface area contributed by atoms with Crippen LogP contribution in [0.5, 0.6) is 5.75 Å². The number of hydrogen-bond donors (Lipinski definition) is 0. The van der Waals surface area contributed by atoms with Gasteiger partial charge in [0.2, 0.25) is 0 Å². The number of fused-ring (bicyclic) bond motifs is 1. The van der Waals surface area contributed by atoms with Gasteiger partial charge in [-0.3, -0.25) is 4.79 Å². The Kier molecular flexibility index (Phi) is 5.43. The molecule has 0 fully saturated rings. The lowest BCUT2D eigenvalue weighted by atomic mass is 9.93. The molecule has 8 heteroatoms. The quantitative estimate of drug-likeness (QED) is 0.438. The Balaban J connectivity index is 2.35. The number of ether oxygens (including phenoxy) is 1. The van der Waals surface area contributed by atoms with E-state index in [-0.39, 0.29) is 11.7 Å². The van der Waals surface area contributed by atoms with Gasteiger partial charge in [0.15, 0.2) is 10.1 Å². The van der Waals surface area contributed by atoms with Gasteiger partial charge in [-0.15, -0.1) is 0 Å². The molecule has 2 rings (SSSR count). The second-order valence-corrected chi connectivity index (χ2v) is 7.26. The summed E-state index contributed by atoms with van der Waals surface area (Å²) in [4.78, 5) is 11.7. The van der Waals surface area contributed by atoms with Crippen molar-refractivity contribution in [1.82, 2.24) is 0 Å². The van der Waals surface area contributed by atoms with Crippen LogP contribution in [0.15, 0.2) is 36.4 Å². The minimum Gasteiger partial charge on any atom is -0.743 e. The molecule has 0 saturated heterocycles. The summed E-state index contributed by atoms with van der Waals surface area (Å²) in [6.07, 6.45) is -0.947. The van der Waals surface area contributed by atoms with Gasteiger partial charge in [-0.1, -0.05) is 44.2 Å². The van der Waals surface area contributed by atoms with Crippen LogP contribution in [0, 0.1) is 0 Å². The topological polar surface area (TPSA) is 83.5 Å².